The normalized spacial score (nSPS) is 16.9. The number of aliphatic hydroxyl groups is 1. The van der Waals surface area contributed by atoms with E-state index in [9.17, 15) is 9.90 Å². The molecule has 128 valence electrons. The Kier molecular flexibility index (Phi) is 6.71. The van der Waals surface area contributed by atoms with Gasteiger partial charge in [-0.25, -0.2) is 4.79 Å². The van der Waals surface area contributed by atoms with Crippen molar-refractivity contribution in [3.8, 4) is 5.75 Å². The lowest BCUT2D eigenvalue weighted by Gasteiger charge is -2.23. The van der Waals surface area contributed by atoms with Crippen LogP contribution in [0, 0.1) is 0 Å². The lowest BCUT2D eigenvalue weighted by atomic mass is 9.96. The maximum atomic E-state index is 11.9. The van der Waals surface area contributed by atoms with Crippen molar-refractivity contribution in [2.24, 2.45) is 0 Å². The van der Waals surface area contributed by atoms with E-state index in [-0.39, 0.29) is 24.7 Å². The summed E-state index contributed by atoms with van der Waals surface area (Å²) in [5.41, 5.74) is 0.763. The standard InChI is InChI=1S/C18H28N2O3/c1-13(2)23-16-10-8-14(9-11-16)17(21)12-19-18(22)20-15-6-4-3-5-7-15/h8-11,13,15,17,21H,3-7,12H2,1-2H3,(H2,19,20,22). The van der Waals surface area contributed by atoms with Crippen molar-refractivity contribution >= 4 is 6.03 Å². The summed E-state index contributed by atoms with van der Waals surface area (Å²) in [5, 5.41) is 15.9. The largest absolute Gasteiger partial charge is 0.491 e. The lowest BCUT2D eigenvalue weighted by Crippen LogP contribution is -2.44. The van der Waals surface area contributed by atoms with E-state index in [2.05, 4.69) is 10.6 Å². The van der Waals surface area contributed by atoms with E-state index in [1.54, 1.807) is 0 Å². The average molecular weight is 320 g/mol. The number of aliphatic hydroxyl groups excluding tert-OH is 1. The summed E-state index contributed by atoms with van der Waals surface area (Å²) >= 11 is 0. The number of urea groups is 1. The van der Waals surface area contributed by atoms with Gasteiger partial charge in [-0.15, -0.1) is 0 Å². The van der Waals surface area contributed by atoms with Crippen LogP contribution in [0.15, 0.2) is 24.3 Å². The van der Waals surface area contributed by atoms with Crippen molar-refractivity contribution in [3.05, 3.63) is 29.8 Å². The zero-order valence-electron chi connectivity index (χ0n) is 14.0. The maximum absolute atomic E-state index is 11.9. The number of rotatable bonds is 6. The highest BCUT2D eigenvalue weighted by molar-refractivity contribution is 5.74. The first-order valence-corrected chi connectivity index (χ1v) is 8.53. The van der Waals surface area contributed by atoms with Crippen molar-refractivity contribution < 1.29 is 14.6 Å². The Morgan fingerprint density at radius 1 is 1.22 bits per heavy atom. The second-order valence-electron chi connectivity index (χ2n) is 6.44. The first-order valence-electron chi connectivity index (χ1n) is 8.53. The van der Waals surface area contributed by atoms with Crippen LogP contribution in [0.2, 0.25) is 0 Å². The molecule has 23 heavy (non-hydrogen) atoms. The highest BCUT2D eigenvalue weighted by Gasteiger charge is 2.16. The number of amides is 2. The van der Waals surface area contributed by atoms with Crippen LogP contribution in [0.1, 0.15) is 57.6 Å². The van der Waals surface area contributed by atoms with Gasteiger partial charge < -0.3 is 20.5 Å². The second kappa shape index (κ2) is 8.77. The Labute approximate surface area is 138 Å². The zero-order chi connectivity index (χ0) is 16.7. The van der Waals surface area contributed by atoms with E-state index in [1.807, 2.05) is 38.1 Å². The smallest absolute Gasteiger partial charge is 0.315 e. The van der Waals surface area contributed by atoms with Crippen LogP contribution in [-0.4, -0.2) is 29.8 Å². The average Bonchev–Trinajstić information content (AvgIpc) is 2.54. The number of benzene rings is 1. The van der Waals surface area contributed by atoms with E-state index in [0.717, 1.165) is 24.2 Å². The molecule has 5 nitrogen and oxygen atoms in total. The van der Waals surface area contributed by atoms with Crippen LogP contribution >= 0.6 is 0 Å². The molecule has 1 fully saturated rings. The van der Waals surface area contributed by atoms with E-state index in [4.69, 9.17) is 4.74 Å². The molecule has 1 aliphatic rings. The van der Waals surface area contributed by atoms with Gasteiger partial charge in [0.05, 0.1) is 12.2 Å². The summed E-state index contributed by atoms with van der Waals surface area (Å²) in [7, 11) is 0. The van der Waals surface area contributed by atoms with Gasteiger partial charge >= 0.3 is 6.03 Å². The highest BCUT2D eigenvalue weighted by Crippen LogP contribution is 2.19. The van der Waals surface area contributed by atoms with Crippen LogP contribution in [-0.2, 0) is 0 Å². The van der Waals surface area contributed by atoms with Gasteiger partial charge in [0.2, 0.25) is 0 Å². The summed E-state index contributed by atoms with van der Waals surface area (Å²) in [4.78, 5) is 11.9. The van der Waals surface area contributed by atoms with Crippen molar-refractivity contribution in [1.82, 2.24) is 10.6 Å². The number of ether oxygens (including phenoxy) is 1. The lowest BCUT2D eigenvalue weighted by molar-refractivity contribution is 0.171. The first-order chi connectivity index (χ1) is 11.0. The molecule has 2 rings (SSSR count). The van der Waals surface area contributed by atoms with E-state index in [1.165, 1.54) is 19.3 Å². The Balaban J connectivity index is 1.75. The molecule has 0 bridgehead atoms. The SMILES string of the molecule is CC(C)Oc1ccc(C(O)CNC(=O)NC2CCCCC2)cc1. The third-order valence-corrected chi connectivity index (χ3v) is 4.03. The number of carbonyl (C=O) groups excluding carboxylic acids is 1. The monoisotopic (exact) mass is 320 g/mol. The first kappa shape index (κ1) is 17.6. The molecule has 0 radical (unpaired) electrons. The fourth-order valence-electron chi connectivity index (χ4n) is 2.83. The minimum Gasteiger partial charge on any atom is -0.491 e. The molecule has 1 aliphatic carbocycles. The Bertz CT molecular complexity index is 482. The molecule has 0 aliphatic heterocycles. The molecule has 1 atom stereocenters. The molecular formula is C18H28N2O3. The fourth-order valence-corrected chi connectivity index (χ4v) is 2.83. The van der Waals surface area contributed by atoms with Gasteiger partial charge in [0.1, 0.15) is 5.75 Å². The van der Waals surface area contributed by atoms with Crippen LogP contribution < -0.4 is 15.4 Å². The van der Waals surface area contributed by atoms with E-state index in [0.29, 0.717) is 0 Å². The predicted molar refractivity (Wildman–Crippen MR) is 90.6 cm³/mol. The molecule has 5 heteroatoms. The minimum atomic E-state index is -0.722. The van der Waals surface area contributed by atoms with Gasteiger partial charge in [0.25, 0.3) is 0 Å². The van der Waals surface area contributed by atoms with Crippen LogP contribution in [0.4, 0.5) is 4.79 Å². The summed E-state index contributed by atoms with van der Waals surface area (Å²) < 4.78 is 5.57. The van der Waals surface area contributed by atoms with Gasteiger partial charge in [-0.05, 0) is 44.4 Å². The molecular weight excluding hydrogens is 292 g/mol. The molecule has 1 aromatic carbocycles. The van der Waals surface area contributed by atoms with Gasteiger partial charge in [-0.3, -0.25) is 0 Å². The molecule has 1 aromatic rings. The van der Waals surface area contributed by atoms with Crippen LogP contribution in [0.25, 0.3) is 0 Å². The van der Waals surface area contributed by atoms with E-state index >= 15 is 0 Å². The van der Waals surface area contributed by atoms with E-state index < -0.39 is 6.10 Å². The number of nitrogens with one attached hydrogen (secondary N) is 2. The molecule has 0 heterocycles. The summed E-state index contributed by atoms with van der Waals surface area (Å²) in [6, 6.07) is 7.39. The maximum Gasteiger partial charge on any atom is 0.315 e. The molecule has 0 saturated heterocycles. The minimum absolute atomic E-state index is 0.121. The molecule has 0 aromatic heterocycles. The Morgan fingerprint density at radius 2 is 1.87 bits per heavy atom. The third kappa shape index (κ3) is 6.10. The molecule has 0 spiro atoms. The fraction of sp³-hybridized carbons (Fsp3) is 0.611. The predicted octanol–water partition coefficient (Wildman–Crippen LogP) is 3.14. The Morgan fingerprint density at radius 3 is 2.48 bits per heavy atom. The summed E-state index contributed by atoms with van der Waals surface area (Å²) in [6.07, 6.45) is 5.11. The van der Waals surface area contributed by atoms with Gasteiger partial charge in [0, 0.05) is 12.6 Å². The second-order valence-corrected chi connectivity index (χ2v) is 6.44. The molecule has 3 N–H and O–H groups in total. The molecule has 1 saturated carbocycles. The van der Waals surface area contributed by atoms with Crippen molar-refractivity contribution in [1.29, 1.82) is 0 Å². The number of carbonyl (C=O) groups is 1. The molecule has 2 amide bonds. The van der Waals surface area contributed by atoms with Crippen molar-refractivity contribution in [3.63, 3.8) is 0 Å². The number of hydrogen-bond acceptors (Lipinski definition) is 3. The van der Waals surface area contributed by atoms with Crippen LogP contribution in [0.5, 0.6) is 5.75 Å². The van der Waals surface area contributed by atoms with Crippen LogP contribution in [0.3, 0.4) is 0 Å². The zero-order valence-corrected chi connectivity index (χ0v) is 14.0. The third-order valence-electron chi connectivity index (χ3n) is 4.03. The molecule has 1 unspecified atom stereocenters. The summed E-state index contributed by atoms with van der Waals surface area (Å²) in [5.74, 6) is 0.777. The van der Waals surface area contributed by atoms with Gasteiger partial charge in [0.15, 0.2) is 0 Å². The summed E-state index contributed by atoms with van der Waals surface area (Å²) in [6.45, 7) is 4.14. The highest BCUT2D eigenvalue weighted by atomic mass is 16.5. The van der Waals surface area contributed by atoms with Gasteiger partial charge in [-0.1, -0.05) is 31.4 Å². The van der Waals surface area contributed by atoms with Crippen molar-refractivity contribution in [2.45, 2.75) is 64.2 Å². The van der Waals surface area contributed by atoms with Gasteiger partial charge in [-0.2, -0.15) is 0 Å². The Hall–Kier alpha value is -1.75. The number of hydrogen-bond donors (Lipinski definition) is 3. The van der Waals surface area contributed by atoms with Crippen molar-refractivity contribution in [2.75, 3.05) is 6.54 Å². The quantitative estimate of drug-likeness (QED) is 0.754. The topological polar surface area (TPSA) is 70.6 Å².